The number of methoxy groups -OCH3 is 1. The van der Waals surface area contributed by atoms with Crippen LogP contribution in [0, 0.1) is 0 Å². The number of nitrogens with one attached hydrogen (secondary N) is 1. The van der Waals surface area contributed by atoms with Gasteiger partial charge in [-0.05, 0) is 19.1 Å². The zero-order valence-electron chi connectivity index (χ0n) is 12.1. The highest BCUT2D eigenvalue weighted by Crippen LogP contribution is 2.33. The summed E-state index contributed by atoms with van der Waals surface area (Å²) in [7, 11) is 1.68. The van der Waals surface area contributed by atoms with E-state index in [9.17, 15) is 0 Å². The van der Waals surface area contributed by atoms with E-state index < -0.39 is 0 Å². The summed E-state index contributed by atoms with van der Waals surface area (Å²) in [6.45, 7) is 6.59. The molecule has 1 N–H and O–H groups in total. The second kappa shape index (κ2) is 5.89. The van der Waals surface area contributed by atoms with Gasteiger partial charge in [0.1, 0.15) is 6.10 Å². The summed E-state index contributed by atoms with van der Waals surface area (Å²) < 4.78 is 16.5. The Morgan fingerprint density at radius 2 is 2.15 bits per heavy atom. The van der Waals surface area contributed by atoms with Gasteiger partial charge < -0.3 is 24.4 Å². The summed E-state index contributed by atoms with van der Waals surface area (Å²) >= 11 is 0. The third-order valence-electron chi connectivity index (χ3n) is 3.78. The van der Waals surface area contributed by atoms with Crippen LogP contribution >= 0.6 is 0 Å². The van der Waals surface area contributed by atoms with E-state index in [-0.39, 0.29) is 6.10 Å². The molecule has 1 aromatic rings. The monoisotopic (exact) mass is 278 g/mol. The fourth-order valence-corrected chi connectivity index (χ4v) is 2.58. The van der Waals surface area contributed by atoms with E-state index >= 15 is 0 Å². The first kappa shape index (κ1) is 13.5. The summed E-state index contributed by atoms with van der Waals surface area (Å²) in [5.41, 5.74) is 1.19. The van der Waals surface area contributed by atoms with Gasteiger partial charge in [0.25, 0.3) is 0 Å². The first-order valence-electron chi connectivity index (χ1n) is 7.17. The highest BCUT2D eigenvalue weighted by molar-refractivity contribution is 5.57. The average molecular weight is 278 g/mol. The molecular weight excluding hydrogens is 256 g/mol. The van der Waals surface area contributed by atoms with Gasteiger partial charge in [0.15, 0.2) is 11.5 Å². The molecule has 5 nitrogen and oxygen atoms in total. The first-order valence-corrected chi connectivity index (χ1v) is 7.17. The molecule has 1 aromatic carbocycles. The highest BCUT2D eigenvalue weighted by Gasteiger charge is 2.23. The maximum atomic E-state index is 5.85. The molecule has 2 aliphatic heterocycles. The van der Waals surface area contributed by atoms with Gasteiger partial charge in [0.2, 0.25) is 0 Å². The van der Waals surface area contributed by atoms with Gasteiger partial charge in [-0.1, -0.05) is 0 Å². The smallest absolute Gasteiger partial charge is 0.162 e. The van der Waals surface area contributed by atoms with Crippen LogP contribution in [0.1, 0.15) is 6.92 Å². The van der Waals surface area contributed by atoms with E-state index in [0.717, 1.165) is 31.1 Å². The standard InChI is InChI=1S/C15H22N2O3/c1-11-8-17(6-5-16-11)12-3-4-14(15(7-12)18-2)20-13-9-19-10-13/h3-4,7,11,13,16H,5-6,8-10H2,1-2H3/t11-/m1/s1. The van der Waals surface area contributed by atoms with E-state index in [4.69, 9.17) is 14.2 Å². The Kier molecular flexibility index (Phi) is 3.98. The molecule has 20 heavy (non-hydrogen) atoms. The van der Waals surface area contributed by atoms with Gasteiger partial charge in [-0.25, -0.2) is 0 Å². The maximum Gasteiger partial charge on any atom is 0.162 e. The van der Waals surface area contributed by atoms with Crippen LogP contribution in [0.2, 0.25) is 0 Å². The molecule has 2 aliphatic rings. The normalized spacial score (nSPS) is 23.3. The van der Waals surface area contributed by atoms with Crippen LogP contribution in [0.4, 0.5) is 5.69 Å². The number of hydrogen-bond donors (Lipinski definition) is 1. The van der Waals surface area contributed by atoms with Crippen LogP contribution < -0.4 is 19.7 Å². The van der Waals surface area contributed by atoms with Gasteiger partial charge in [-0.3, -0.25) is 0 Å². The SMILES string of the molecule is COc1cc(N2CCN[C@H](C)C2)ccc1OC1COC1. The van der Waals surface area contributed by atoms with Crippen molar-refractivity contribution in [3.63, 3.8) is 0 Å². The molecule has 110 valence electrons. The van der Waals surface area contributed by atoms with Crippen LogP contribution in [0.15, 0.2) is 18.2 Å². The fraction of sp³-hybridized carbons (Fsp3) is 0.600. The van der Waals surface area contributed by atoms with E-state index in [2.05, 4.69) is 29.3 Å². The van der Waals surface area contributed by atoms with Gasteiger partial charge in [-0.2, -0.15) is 0 Å². The molecule has 0 radical (unpaired) electrons. The molecule has 2 heterocycles. The van der Waals surface area contributed by atoms with Gasteiger partial charge in [0.05, 0.1) is 20.3 Å². The first-order chi connectivity index (χ1) is 9.76. The Labute approximate surface area is 119 Å². The molecule has 2 fully saturated rings. The Hall–Kier alpha value is -1.46. The van der Waals surface area contributed by atoms with Crippen molar-refractivity contribution in [2.45, 2.75) is 19.1 Å². The molecule has 0 spiro atoms. The second-order valence-corrected chi connectivity index (χ2v) is 5.41. The molecule has 5 heteroatoms. The number of benzene rings is 1. The molecule has 0 unspecified atom stereocenters. The number of ether oxygens (including phenoxy) is 3. The van der Waals surface area contributed by atoms with Gasteiger partial charge >= 0.3 is 0 Å². The number of rotatable bonds is 4. The topological polar surface area (TPSA) is 43.0 Å². The quantitative estimate of drug-likeness (QED) is 0.898. The third kappa shape index (κ3) is 2.83. The maximum absolute atomic E-state index is 5.85. The van der Waals surface area contributed by atoms with Crippen LogP contribution in [0.3, 0.4) is 0 Å². The molecule has 0 amide bonds. The van der Waals surface area contributed by atoms with Crippen molar-refractivity contribution in [3.8, 4) is 11.5 Å². The molecule has 0 saturated carbocycles. The van der Waals surface area contributed by atoms with Crippen molar-refractivity contribution in [1.29, 1.82) is 0 Å². The fourth-order valence-electron chi connectivity index (χ4n) is 2.58. The minimum Gasteiger partial charge on any atom is -0.493 e. The number of anilines is 1. The molecule has 1 atom stereocenters. The van der Waals surface area contributed by atoms with Gasteiger partial charge in [-0.15, -0.1) is 0 Å². The van der Waals surface area contributed by atoms with Crippen LogP contribution in [0.5, 0.6) is 11.5 Å². The molecule has 0 aromatic heterocycles. The Morgan fingerprint density at radius 1 is 1.30 bits per heavy atom. The lowest BCUT2D eigenvalue weighted by molar-refractivity contribution is -0.0803. The Morgan fingerprint density at radius 3 is 2.80 bits per heavy atom. The van der Waals surface area contributed by atoms with Crippen molar-refractivity contribution in [2.24, 2.45) is 0 Å². The highest BCUT2D eigenvalue weighted by atomic mass is 16.6. The van der Waals surface area contributed by atoms with Crippen molar-refractivity contribution < 1.29 is 14.2 Å². The number of nitrogens with zero attached hydrogens (tertiary/aromatic N) is 1. The summed E-state index contributed by atoms with van der Waals surface area (Å²) in [4.78, 5) is 2.37. The second-order valence-electron chi connectivity index (χ2n) is 5.41. The molecule has 2 saturated heterocycles. The zero-order valence-corrected chi connectivity index (χ0v) is 12.1. The lowest BCUT2D eigenvalue weighted by Gasteiger charge is -2.34. The van der Waals surface area contributed by atoms with Crippen molar-refractivity contribution in [2.75, 3.05) is 44.9 Å². The molecular formula is C15H22N2O3. The average Bonchev–Trinajstić information content (AvgIpc) is 2.43. The van der Waals surface area contributed by atoms with Crippen LogP contribution in [0.25, 0.3) is 0 Å². The molecule has 3 rings (SSSR count). The minimum atomic E-state index is 0.161. The number of piperazine rings is 1. The van der Waals surface area contributed by atoms with Crippen molar-refractivity contribution in [1.82, 2.24) is 5.32 Å². The summed E-state index contributed by atoms with van der Waals surface area (Å²) in [6, 6.07) is 6.68. The van der Waals surface area contributed by atoms with Gasteiger partial charge in [0, 0.05) is 37.4 Å². The lowest BCUT2D eigenvalue weighted by Crippen LogP contribution is -2.49. The predicted molar refractivity (Wildman–Crippen MR) is 77.9 cm³/mol. The predicted octanol–water partition coefficient (Wildman–Crippen LogP) is 1.27. The lowest BCUT2D eigenvalue weighted by atomic mass is 10.2. The summed E-state index contributed by atoms with van der Waals surface area (Å²) in [5.74, 6) is 1.59. The summed E-state index contributed by atoms with van der Waals surface area (Å²) in [5, 5.41) is 3.45. The van der Waals surface area contributed by atoms with E-state index in [1.54, 1.807) is 7.11 Å². The van der Waals surface area contributed by atoms with Crippen LogP contribution in [-0.4, -0.2) is 52.1 Å². The summed E-state index contributed by atoms with van der Waals surface area (Å²) in [6.07, 6.45) is 0.161. The Balaban J connectivity index is 1.75. The Bertz CT molecular complexity index is 462. The number of hydrogen-bond acceptors (Lipinski definition) is 5. The minimum absolute atomic E-state index is 0.161. The largest absolute Gasteiger partial charge is 0.493 e. The van der Waals surface area contributed by atoms with E-state index in [1.807, 2.05) is 6.07 Å². The third-order valence-corrected chi connectivity index (χ3v) is 3.78. The zero-order chi connectivity index (χ0) is 13.9. The molecule has 0 bridgehead atoms. The van der Waals surface area contributed by atoms with Crippen molar-refractivity contribution in [3.05, 3.63) is 18.2 Å². The van der Waals surface area contributed by atoms with E-state index in [1.165, 1.54) is 5.69 Å². The van der Waals surface area contributed by atoms with Crippen LogP contribution in [-0.2, 0) is 4.74 Å². The van der Waals surface area contributed by atoms with E-state index in [0.29, 0.717) is 19.3 Å². The molecule has 0 aliphatic carbocycles. The van der Waals surface area contributed by atoms with Crippen molar-refractivity contribution >= 4 is 5.69 Å².